The van der Waals surface area contributed by atoms with E-state index in [2.05, 4.69) is 13.8 Å². The highest BCUT2D eigenvalue weighted by atomic mass is 31.2. The molecule has 10 atom stereocenters. The zero-order chi connectivity index (χ0) is 53.0. The van der Waals surface area contributed by atoms with Crippen molar-refractivity contribution in [1.82, 2.24) is 19.1 Å². The van der Waals surface area contributed by atoms with Crippen molar-refractivity contribution in [2.24, 2.45) is 5.92 Å². The van der Waals surface area contributed by atoms with E-state index in [4.69, 9.17) is 28.4 Å². The van der Waals surface area contributed by atoms with Crippen LogP contribution in [0.15, 0.2) is 104 Å². The average Bonchev–Trinajstić information content (AvgIpc) is 3.73. The summed E-state index contributed by atoms with van der Waals surface area (Å²) in [5.41, 5.74) is -8.23. The summed E-state index contributed by atoms with van der Waals surface area (Å²) in [5.74, 6) is -12.2. The van der Waals surface area contributed by atoms with Crippen LogP contribution in [0.5, 0.6) is 0 Å². The number of H-pyrrole nitrogens is 2. The molecule has 0 aliphatic carbocycles. The maximum atomic E-state index is 13.7. The normalized spacial score (nSPS) is 25.6. The highest BCUT2D eigenvalue weighted by molar-refractivity contribution is 7.45. The minimum atomic E-state index is -6.73. The van der Waals surface area contributed by atoms with Gasteiger partial charge in [0.15, 0.2) is 36.9 Å². The average molecular weight is 1060 g/mol. The number of carbonyl (C=O) groups is 3. The standard InChI is InChI=1S/C39H37F6N4O22P/c40-38(41,42)27(39(43,44)45)30(54)65-18-36(49-14-12-23(52)47-33(49)57)31(55)37(60,21(15-50)69-36)71-72(61,62)70-29(53)26-24(67-34(58)63-16-19-7-3-1-4-8-19)25(28(66-26)48-13-11-22(51)46-32(48)56)68-35(59)64-17-20-9-5-2-6-10-20/h1-14,21,24-29,31,50,53,55,60H,15-18H2,(H,61,62)(H,46,51,56)(H,47,52,57)/p-1/t21-,24+,25-,26+,28-,29?,31+,36-,37+/m1/s1. The molecule has 33 heteroatoms. The summed E-state index contributed by atoms with van der Waals surface area (Å²) in [6.45, 7) is -4.95. The van der Waals surface area contributed by atoms with E-state index >= 15 is 0 Å². The van der Waals surface area contributed by atoms with Gasteiger partial charge in [0.05, 0.1) is 6.61 Å². The molecule has 4 heterocycles. The molecule has 2 aromatic carbocycles. The van der Waals surface area contributed by atoms with Crippen molar-refractivity contribution in [3.63, 3.8) is 0 Å². The van der Waals surface area contributed by atoms with E-state index in [1.807, 2.05) is 4.98 Å². The van der Waals surface area contributed by atoms with Crippen molar-refractivity contribution in [2.45, 2.75) is 80.1 Å². The van der Waals surface area contributed by atoms with Gasteiger partial charge in [-0.1, -0.05) is 60.7 Å². The van der Waals surface area contributed by atoms with Crippen LogP contribution in [0, 0.1) is 5.92 Å². The van der Waals surface area contributed by atoms with Crippen molar-refractivity contribution in [3.05, 3.63) is 138 Å². The van der Waals surface area contributed by atoms with Crippen molar-refractivity contribution in [1.29, 1.82) is 0 Å². The van der Waals surface area contributed by atoms with Gasteiger partial charge >= 0.3 is 42.0 Å². The van der Waals surface area contributed by atoms with Crippen LogP contribution in [0.1, 0.15) is 17.4 Å². The van der Waals surface area contributed by atoms with Crippen LogP contribution in [0.3, 0.4) is 0 Å². The van der Waals surface area contributed by atoms with Crippen molar-refractivity contribution >= 4 is 26.1 Å². The zero-order valence-corrected chi connectivity index (χ0v) is 36.7. The molecule has 0 radical (unpaired) electrons. The second kappa shape index (κ2) is 21.5. The van der Waals surface area contributed by atoms with E-state index in [0.29, 0.717) is 28.0 Å². The maximum absolute atomic E-state index is 13.7. The summed E-state index contributed by atoms with van der Waals surface area (Å²) in [6, 6.07) is 16.7. The Balaban J connectivity index is 1.33. The summed E-state index contributed by atoms with van der Waals surface area (Å²) in [7, 11) is -6.73. The molecule has 0 amide bonds. The number of hydrogen-bond acceptors (Lipinski definition) is 22. The second-order valence-electron chi connectivity index (χ2n) is 15.1. The maximum Gasteiger partial charge on any atom is 0.509 e. The minimum Gasteiger partial charge on any atom is -0.756 e. The van der Waals surface area contributed by atoms with E-state index in [1.165, 1.54) is 29.2 Å². The third kappa shape index (κ3) is 12.3. The topological polar surface area (TPSA) is 365 Å². The molecule has 72 heavy (non-hydrogen) atoms. The van der Waals surface area contributed by atoms with Crippen LogP contribution in [0.2, 0.25) is 0 Å². The zero-order valence-electron chi connectivity index (χ0n) is 35.8. The number of aliphatic hydroxyl groups is 4. The Morgan fingerprint density at radius 1 is 0.792 bits per heavy atom. The lowest BCUT2D eigenvalue weighted by Crippen LogP contribution is -2.59. The quantitative estimate of drug-likeness (QED) is 0.0258. The number of carbonyl (C=O) groups excluding carboxylic acids is 3. The molecule has 6 N–H and O–H groups in total. The molecule has 6 rings (SSSR count). The first-order valence-corrected chi connectivity index (χ1v) is 21.6. The molecule has 2 aliphatic heterocycles. The predicted octanol–water partition coefficient (Wildman–Crippen LogP) is -0.374. The molecule has 2 aromatic heterocycles. The summed E-state index contributed by atoms with van der Waals surface area (Å²) < 4.78 is 140. The van der Waals surface area contributed by atoms with Gasteiger partial charge in [0.25, 0.3) is 18.9 Å². The smallest absolute Gasteiger partial charge is 0.509 e. The van der Waals surface area contributed by atoms with Crippen LogP contribution in [0.4, 0.5) is 35.9 Å². The van der Waals surface area contributed by atoms with Gasteiger partial charge < -0.3 is 58.5 Å². The number of benzene rings is 2. The molecule has 2 fully saturated rings. The summed E-state index contributed by atoms with van der Waals surface area (Å²) in [4.78, 5) is 106. The van der Waals surface area contributed by atoms with Gasteiger partial charge in [-0.2, -0.15) is 26.3 Å². The van der Waals surface area contributed by atoms with E-state index in [0.717, 1.165) is 12.3 Å². The highest BCUT2D eigenvalue weighted by Crippen LogP contribution is 2.53. The molecule has 2 unspecified atom stereocenters. The third-order valence-electron chi connectivity index (χ3n) is 10.3. The fourth-order valence-electron chi connectivity index (χ4n) is 7.09. The van der Waals surface area contributed by atoms with Crippen LogP contribution < -0.4 is 27.4 Å². The van der Waals surface area contributed by atoms with Crippen molar-refractivity contribution in [2.75, 3.05) is 13.2 Å². The number of alkyl halides is 6. The molecular formula is C39H36F6N4O22P-. The van der Waals surface area contributed by atoms with Gasteiger partial charge in [-0.15, -0.1) is 0 Å². The number of esters is 1. The molecule has 392 valence electrons. The van der Waals surface area contributed by atoms with Gasteiger partial charge in [0, 0.05) is 24.5 Å². The lowest BCUT2D eigenvalue weighted by atomic mass is 9.99. The number of aromatic amines is 2. The number of aromatic nitrogens is 4. The van der Waals surface area contributed by atoms with Gasteiger partial charge in [0.1, 0.15) is 25.9 Å². The molecular weight excluding hydrogens is 1020 g/mol. The Hall–Kier alpha value is -6.74. The second-order valence-corrected chi connectivity index (χ2v) is 16.4. The third-order valence-corrected chi connectivity index (χ3v) is 11.3. The van der Waals surface area contributed by atoms with Crippen LogP contribution in [-0.4, -0.2) is 126 Å². The Kier molecular flexibility index (Phi) is 16.3. The van der Waals surface area contributed by atoms with Gasteiger partial charge in [0.2, 0.25) is 17.4 Å². The Bertz CT molecular complexity index is 2850. The SMILES string of the molecule is O=C(OCc1ccccc1)O[C@@H]1[C@H](OC(=O)OCc2ccccc2)[C@@H](C(O)OP(=O)([O-])O[C@]2(O)[C@@H](O)[C@](COC(=O)C(C(F)(F)F)C(F)(F)F)(n3ccc(=O)[nH]c3=O)O[C@@H]2CO)O[C@H]1n1ccc(=O)[nH]c1=O. The molecule has 2 aliphatic rings. The Labute approximate surface area is 394 Å². The van der Waals surface area contributed by atoms with E-state index in [9.17, 15) is 89.8 Å². The fraction of sp³-hybridized carbons (Fsp3) is 0.410. The first-order chi connectivity index (χ1) is 33.7. The number of rotatable bonds is 17. The molecule has 0 spiro atoms. The van der Waals surface area contributed by atoms with E-state index in [-0.39, 0.29) is 4.57 Å². The first-order valence-electron chi connectivity index (χ1n) is 20.1. The number of phosphoric acid groups is 1. The largest absolute Gasteiger partial charge is 0.756 e. The van der Waals surface area contributed by atoms with Crippen molar-refractivity contribution in [3.8, 4) is 0 Å². The molecule has 26 nitrogen and oxygen atoms in total. The summed E-state index contributed by atoms with van der Waals surface area (Å²) >= 11 is 0. The molecule has 0 saturated carbocycles. The fourth-order valence-corrected chi connectivity index (χ4v) is 8.09. The summed E-state index contributed by atoms with van der Waals surface area (Å²) in [6.07, 6.45) is -33.7. The summed E-state index contributed by atoms with van der Waals surface area (Å²) in [5, 5.41) is 44.7. The van der Waals surface area contributed by atoms with E-state index < -0.39 is 148 Å². The number of aliphatic hydroxyl groups excluding tert-OH is 3. The van der Waals surface area contributed by atoms with Crippen LogP contribution >= 0.6 is 7.82 Å². The Morgan fingerprint density at radius 3 is 1.81 bits per heavy atom. The van der Waals surface area contributed by atoms with Crippen molar-refractivity contribution < 1.29 is 113 Å². The molecule has 4 aromatic rings. The number of nitrogens with zero attached hydrogens (tertiary/aromatic N) is 2. The lowest BCUT2D eigenvalue weighted by Gasteiger charge is -2.38. The van der Waals surface area contributed by atoms with Gasteiger partial charge in [-0.05, 0) is 11.1 Å². The predicted molar refractivity (Wildman–Crippen MR) is 213 cm³/mol. The minimum absolute atomic E-state index is 0.118. The Morgan fingerprint density at radius 2 is 1.31 bits per heavy atom. The number of hydrogen-bond donors (Lipinski definition) is 6. The monoisotopic (exact) mass is 1060 g/mol. The molecule has 0 bridgehead atoms. The lowest BCUT2D eigenvalue weighted by molar-refractivity contribution is -0.301. The van der Waals surface area contributed by atoms with Crippen LogP contribution in [-0.2, 0) is 70.5 Å². The molecule has 2 saturated heterocycles. The van der Waals surface area contributed by atoms with Crippen LogP contribution in [0.25, 0.3) is 0 Å². The number of halogens is 6. The van der Waals surface area contributed by atoms with Gasteiger partial charge in [-0.3, -0.25) is 47.1 Å². The first kappa shape index (κ1) is 54.6. The number of nitrogens with one attached hydrogen (secondary N) is 2. The highest BCUT2D eigenvalue weighted by Gasteiger charge is 2.69. The van der Waals surface area contributed by atoms with Gasteiger partial charge in [-0.25, -0.2) is 19.2 Å². The van der Waals surface area contributed by atoms with E-state index in [1.54, 1.807) is 36.4 Å². The number of ether oxygens (including phenoxy) is 7. The number of phosphoric ester groups is 1.